The molecule has 0 radical (unpaired) electrons. The van der Waals surface area contributed by atoms with Crippen LogP contribution in [0.4, 0.5) is 5.69 Å². The van der Waals surface area contributed by atoms with Gasteiger partial charge in [0, 0.05) is 23.1 Å². The van der Waals surface area contributed by atoms with Gasteiger partial charge in [-0.05, 0) is 55.3 Å². The van der Waals surface area contributed by atoms with Gasteiger partial charge < -0.3 is 10.1 Å². The summed E-state index contributed by atoms with van der Waals surface area (Å²) in [6, 6.07) is 12.5. The largest absolute Gasteiger partial charge is 0.436 e. The molecule has 0 unspecified atom stereocenters. The number of benzene rings is 2. The van der Waals surface area contributed by atoms with Crippen LogP contribution in [0.1, 0.15) is 11.1 Å². The Morgan fingerprint density at radius 2 is 1.93 bits per heavy atom. The molecule has 1 N–H and O–H groups in total. The molecule has 4 rings (SSSR count). The Bertz CT molecular complexity index is 1290. The zero-order valence-corrected chi connectivity index (χ0v) is 17.1. The van der Waals surface area contributed by atoms with Crippen LogP contribution in [-0.2, 0) is 11.3 Å². The molecular formula is C21H18ClN5O3. The Morgan fingerprint density at radius 3 is 2.67 bits per heavy atom. The van der Waals surface area contributed by atoms with E-state index in [9.17, 15) is 9.59 Å². The highest BCUT2D eigenvalue weighted by Crippen LogP contribution is 2.24. The fraction of sp³-hybridized carbons (Fsp3) is 0.143. The smallest absolute Gasteiger partial charge is 0.351 e. The lowest BCUT2D eigenvalue weighted by atomic mass is 10.1. The van der Waals surface area contributed by atoms with E-state index in [4.69, 9.17) is 16.3 Å². The number of nitrogens with one attached hydrogen (secondary N) is 1. The molecule has 0 aliphatic carbocycles. The number of amides is 1. The minimum Gasteiger partial charge on any atom is -0.436 e. The summed E-state index contributed by atoms with van der Waals surface area (Å²) in [6.07, 6.45) is 2.93. The van der Waals surface area contributed by atoms with E-state index in [1.165, 1.54) is 16.8 Å². The van der Waals surface area contributed by atoms with E-state index < -0.39 is 11.6 Å². The summed E-state index contributed by atoms with van der Waals surface area (Å²) in [5.41, 5.74) is 2.36. The third-order valence-electron chi connectivity index (χ3n) is 4.28. The van der Waals surface area contributed by atoms with Crippen molar-refractivity contribution in [1.29, 1.82) is 0 Å². The van der Waals surface area contributed by atoms with Gasteiger partial charge in [-0.15, -0.1) is 5.10 Å². The van der Waals surface area contributed by atoms with Crippen molar-refractivity contribution >= 4 is 28.8 Å². The topological polar surface area (TPSA) is 90.5 Å². The normalized spacial score (nSPS) is 10.9. The monoisotopic (exact) mass is 423 g/mol. The summed E-state index contributed by atoms with van der Waals surface area (Å²) in [4.78, 5) is 29.2. The first kappa shape index (κ1) is 19.7. The molecule has 0 saturated carbocycles. The molecular weight excluding hydrogens is 406 g/mol. The van der Waals surface area contributed by atoms with E-state index in [0.717, 1.165) is 15.8 Å². The van der Waals surface area contributed by atoms with Crippen molar-refractivity contribution in [3.05, 3.63) is 81.5 Å². The van der Waals surface area contributed by atoms with Crippen LogP contribution in [0.25, 0.3) is 5.65 Å². The van der Waals surface area contributed by atoms with Crippen LogP contribution in [0, 0.1) is 13.8 Å². The molecule has 2 heterocycles. The molecule has 0 fully saturated rings. The molecule has 2 aromatic heterocycles. The van der Waals surface area contributed by atoms with Gasteiger partial charge in [-0.2, -0.15) is 0 Å². The van der Waals surface area contributed by atoms with Gasteiger partial charge >= 0.3 is 5.69 Å². The maximum absolute atomic E-state index is 12.7. The fourth-order valence-electron chi connectivity index (χ4n) is 3.11. The predicted octanol–water partition coefficient (Wildman–Crippen LogP) is 3.59. The maximum atomic E-state index is 12.7. The van der Waals surface area contributed by atoms with Gasteiger partial charge in [0.2, 0.25) is 11.6 Å². The van der Waals surface area contributed by atoms with Crippen molar-refractivity contribution in [2.45, 2.75) is 20.4 Å². The Hall–Kier alpha value is -3.65. The number of hydrogen-bond donors (Lipinski definition) is 1. The summed E-state index contributed by atoms with van der Waals surface area (Å²) >= 11 is 5.93. The van der Waals surface area contributed by atoms with Crippen LogP contribution in [-0.4, -0.2) is 25.1 Å². The molecule has 0 atom stereocenters. The first-order valence-corrected chi connectivity index (χ1v) is 9.52. The number of ether oxygens (including phenoxy) is 1. The molecule has 4 aromatic rings. The number of hydrogen-bond acceptors (Lipinski definition) is 5. The van der Waals surface area contributed by atoms with Gasteiger partial charge in [0.25, 0.3) is 5.88 Å². The Labute approximate surface area is 176 Å². The number of nitrogens with zero attached hydrogens (tertiary/aromatic N) is 4. The Kier molecular flexibility index (Phi) is 5.24. The third kappa shape index (κ3) is 4.18. The van der Waals surface area contributed by atoms with E-state index >= 15 is 0 Å². The summed E-state index contributed by atoms with van der Waals surface area (Å²) in [5, 5.41) is 7.43. The molecule has 8 nitrogen and oxygen atoms in total. The number of fused-ring (bicyclic) bond motifs is 1. The second-order valence-corrected chi connectivity index (χ2v) is 7.29. The average Bonchev–Trinajstić information content (AvgIpc) is 2.98. The molecule has 0 aliphatic rings. The van der Waals surface area contributed by atoms with Gasteiger partial charge in [-0.3, -0.25) is 4.79 Å². The molecule has 30 heavy (non-hydrogen) atoms. The molecule has 0 saturated heterocycles. The third-order valence-corrected chi connectivity index (χ3v) is 4.52. The van der Waals surface area contributed by atoms with Crippen molar-refractivity contribution in [1.82, 2.24) is 19.2 Å². The maximum Gasteiger partial charge on any atom is 0.351 e. The van der Waals surface area contributed by atoms with Crippen LogP contribution in [0.3, 0.4) is 0 Å². The van der Waals surface area contributed by atoms with Gasteiger partial charge in [-0.1, -0.05) is 23.7 Å². The zero-order valence-electron chi connectivity index (χ0n) is 16.3. The highest BCUT2D eigenvalue weighted by Gasteiger charge is 2.16. The zero-order chi connectivity index (χ0) is 21.3. The summed E-state index contributed by atoms with van der Waals surface area (Å²) < 4.78 is 8.22. The quantitative estimate of drug-likeness (QED) is 0.529. The summed E-state index contributed by atoms with van der Waals surface area (Å²) in [5.74, 6) is 0.356. The van der Waals surface area contributed by atoms with Gasteiger partial charge in [-0.25, -0.2) is 18.9 Å². The van der Waals surface area contributed by atoms with Crippen LogP contribution in [0.2, 0.25) is 5.02 Å². The standard InChI is InChI=1S/C21H18ClN5O3/c1-13-8-14(2)10-17(9-13)30-20-19-25-27(21(29)26(19)7-6-23-20)12-18(28)24-16-5-3-4-15(22)11-16/h3-11H,12H2,1-2H3,(H,24,28). The van der Waals surface area contributed by atoms with Gasteiger partial charge in [0.05, 0.1) is 0 Å². The predicted molar refractivity (Wildman–Crippen MR) is 113 cm³/mol. The van der Waals surface area contributed by atoms with Crippen molar-refractivity contribution in [3.63, 3.8) is 0 Å². The first-order chi connectivity index (χ1) is 14.4. The van der Waals surface area contributed by atoms with E-state index in [2.05, 4.69) is 15.4 Å². The van der Waals surface area contributed by atoms with Gasteiger partial charge in [0.1, 0.15) is 12.3 Å². The lowest BCUT2D eigenvalue weighted by molar-refractivity contribution is -0.117. The number of aryl methyl sites for hydroxylation is 2. The lowest BCUT2D eigenvalue weighted by Crippen LogP contribution is -2.28. The molecule has 152 valence electrons. The number of carbonyl (C=O) groups excluding carboxylic acids is 1. The Balaban J connectivity index is 1.61. The summed E-state index contributed by atoms with van der Waals surface area (Å²) in [7, 11) is 0. The molecule has 2 aromatic carbocycles. The van der Waals surface area contributed by atoms with Gasteiger partial charge in [0.15, 0.2) is 0 Å². The number of rotatable bonds is 5. The van der Waals surface area contributed by atoms with Crippen LogP contribution in [0.15, 0.2) is 59.7 Å². The lowest BCUT2D eigenvalue weighted by Gasteiger charge is -2.07. The van der Waals surface area contributed by atoms with Crippen LogP contribution >= 0.6 is 11.6 Å². The average molecular weight is 424 g/mol. The van der Waals surface area contributed by atoms with E-state index in [0.29, 0.717) is 16.5 Å². The fourth-order valence-corrected chi connectivity index (χ4v) is 3.30. The van der Waals surface area contributed by atoms with E-state index in [1.807, 2.05) is 32.0 Å². The van der Waals surface area contributed by atoms with E-state index in [-0.39, 0.29) is 18.1 Å². The number of carbonyl (C=O) groups is 1. The van der Waals surface area contributed by atoms with Crippen molar-refractivity contribution in [2.75, 3.05) is 5.32 Å². The SMILES string of the molecule is Cc1cc(C)cc(Oc2nccn3c(=O)n(CC(=O)Nc4cccc(Cl)c4)nc23)c1. The second-order valence-electron chi connectivity index (χ2n) is 6.85. The van der Waals surface area contributed by atoms with Crippen molar-refractivity contribution in [3.8, 4) is 11.6 Å². The van der Waals surface area contributed by atoms with Crippen molar-refractivity contribution < 1.29 is 9.53 Å². The minimum atomic E-state index is -0.473. The minimum absolute atomic E-state index is 0.175. The molecule has 9 heteroatoms. The number of halogens is 1. The Morgan fingerprint density at radius 1 is 1.17 bits per heavy atom. The van der Waals surface area contributed by atoms with E-state index in [1.54, 1.807) is 24.3 Å². The highest BCUT2D eigenvalue weighted by atomic mass is 35.5. The van der Waals surface area contributed by atoms with Crippen molar-refractivity contribution in [2.24, 2.45) is 0 Å². The molecule has 0 aliphatic heterocycles. The second kappa shape index (κ2) is 8.00. The summed E-state index contributed by atoms with van der Waals surface area (Å²) in [6.45, 7) is 3.66. The molecule has 1 amide bonds. The van der Waals surface area contributed by atoms with Crippen LogP contribution in [0.5, 0.6) is 11.6 Å². The molecule has 0 spiro atoms. The highest BCUT2D eigenvalue weighted by molar-refractivity contribution is 6.30. The van der Waals surface area contributed by atoms with Crippen LogP contribution < -0.4 is 15.7 Å². The molecule has 0 bridgehead atoms. The number of aromatic nitrogens is 4. The number of anilines is 1. The first-order valence-electron chi connectivity index (χ1n) is 9.15.